The largest absolute Gasteiger partial charge is 0.497 e. The number of benzene rings is 1. The van der Waals surface area contributed by atoms with E-state index in [1.807, 2.05) is 12.1 Å². The lowest BCUT2D eigenvalue weighted by atomic mass is 9.93. The molecule has 2 heterocycles. The fourth-order valence-electron chi connectivity index (χ4n) is 3.56. The molecule has 0 unspecified atom stereocenters. The zero-order valence-corrected chi connectivity index (χ0v) is 14.9. The molecule has 3 rings (SSSR count). The van der Waals surface area contributed by atoms with Gasteiger partial charge in [-0.05, 0) is 37.0 Å². The van der Waals surface area contributed by atoms with Crippen molar-refractivity contribution in [1.82, 2.24) is 0 Å². The van der Waals surface area contributed by atoms with E-state index in [0.29, 0.717) is 18.4 Å². The number of unbranched alkanes of at least 4 members (excludes halogenated alkanes) is 1. The molecule has 4 nitrogen and oxygen atoms in total. The van der Waals surface area contributed by atoms with Gasteiger partial charge in [-0.2, -0.15) is 0 Å². The van der Waals surface area contributed by atoms with Crippen LogP contribution in [0.15, 0.2) is 24.3 Å². The van der Waals surface area contributed by atoms with Crippen LogP contribution < -0.4 is 4.74 Å². The molecule has 2 aliphatic heterocycles. The second-order valence-corrected chi connectivity index (χ2v) is 6.98. The highest BCUT2D eigenvalue weighted by Crippen LogP contribution is 2.34. The predicted molar refractivity (Wildman–Crippen MR) is 93.1 cm³/mol. The van der Waals surface area contributed by atoms with Crippen LogP contribution in [0, 0.1) is 11.8 Å². The van der Waals surface area contributed by atoms with Crippen LogP contribution in [0.5, 0.6) is 5.75 Å². The Bertz CT molecular complexity index is 471. The minimum atomic E-state index is -0.0836. The van der Waals surface area contributed by atoms with E-state index in [0.717, 1.165) is 31.8 Å². The number of rotatable bonds is 6. The number of ether oxygens (including phenoxy) is 4. The van der Waals surface area contributed by atoms with E-state index in [1.54, 1.807) is 7.11 Å². The van der Waals surface area contributed by atoms with Crippen molar-refractivity contribution in [2.75, 3.05) is 26.9 Å². The lowest BCUT2D eigenvalue weighted by Gasteiger charge is -2.37. The van der Waals surface area contributed by atoms with Crippen molar-refractivity contribution >= 4 is 0 Å². The maximum Gasteiger partial charge on any atom is 0.162 e. The standard InChI is InChI=1S/C20H30O4/c1-3-4-5-15-12-23-20(24-13-15)17-8-11-19(22-14-17)16-6-9-18(21-2)10-7-16/h6-7,9-10,15,17,19-20H,3-5,8,11-14H2,1-2H3/t15?,17-,19+,20?/m0/s1. The minimum Gasteiger partial charge on any atom is -0.497 e. The summed E-state index contributed by atoms with van der Waals surface area (Å²) in [4.78, 5) is 0. The van der Waals surface area contributed by atoms with Gasteiger partial charge in [0.25, 0.3) is 0 Å². The van der Waals surface area contributed by atoms with E-state index < -0.39 is 0 Å². The third-order valence-electron chi connectivity index (χ3n) is 5.14. The number of hydrogen-bond acceptors (Lipinski definition) is 4. The van der Waals surface area contributed by atoms with Gasteiger partial charge in [0.1, 0.15) is 5.75 Å². The zero-order valence-electron chi connectivity index (χ0n) is 14.9. The molecule has 0 radical (unpaired) electrons. The fourth-order valence-corrected chi connectivity index (χ4v) is 3.56. The van der Waals surface area contributed by atoms with Crippen molar-refractivity contribution in [3.8, 4) is 5.75 Å². The molecular weight excluding hydrogens is 304 g/mol. The van der Waals surface area contributed by atoms with Crippen molar-refractivity contribution in [2.24, 2.45) is 11.8 Å². The van der Waals surface area contributed by atoms with Crippen molar-refractivity contribution < 1.29 is 18.9 Å². The Labute approximate surface area is 145 Å². The van der Waals surface area contributed by atoms with Crippen LogP contribution in [0.25, 0.3) is 0 Å². The molecule has 0 saturated carbocycles. The molecule has 134 valence electrons. The fraction of sp³-hybridized carbons (Fsp3) is 0.700. The first-order chi connectivity index (χ1) is 11.8. The van der Waals surface area contributed by atoms with Gasteiger partial charge in [-0.15, -0.1) is 0 Å². The van der Waals surface area contributed by atoms with Gasteiger partial charge in [0.15, 0.2) is 6.29 Å². The van der Waals surface area contributed by atoms with Gasteiger partial charge < -0.3 is 18.9 Å². The molecule has 4 heteroatoms. The summed E-state index contributed by atoms with van der Waals surface area (Å²) in [5.41, 5.74) is 1.22. The summed E-state index contributed by atoms with van der Waals surface area (Å²) in [6, 6.07) is 8.18. The first kappa shape index (κ1) is 17.7. The lowest BCUT2D eigenvalue weighted by molar-refractivity contribution is -0.241. The molecular formula is C20H30O4. The molecule has 1 aromatic carbocycles. The highest BCUT2D eigenvalue weighted by molar-refractivity contribution is 5.28. The second-order valence-electron chi connectivity index (χ2n) is 6.98. The average Bonchev–Trinajstić information content (AvgIpc) is 2.67. The molecule has 0 amide bonds. The molecule has 2 fully saturated rings. The molecule has 0 aliphatic carbocycles. The third kappa shape index (κ3) is 4.50. The van der Waals surface area contributed by atoms with Crippen LogP contribution in [0.1, 0.15) is 50.7 Å². The highest BCUT2D eigenvalue weighted by Gasteiger charge is 2.33. The van der Waals surface area contributed by atoms with Crippen molar-refractivity contribution in [1.29, 1.82) is 0 Å². The van der Waals surface area contributed by atoms with Gasteiger partial charge in [0, 0.05) is 11.8 Å². The van der Waals surface area contributed by atoms with Crippen LogP contribution in [0.2, 0.25) is 0 Å². The van der Waals surface area contributed by atoms with Crippen molar-refractivity contribution in [2.45, 2.75) is 51.4 Å². The maximum absolute atomic E-state index is 6.09. The Kier molecular flexibility index (Phi) is 6.52. The first-order valence-corrected chi connectivity index (χ1v) is 9.29. The van der Waals surface area contributed by atoms with Crippen LogP contribution in [-0.4, -0.2) is 33.2 Å². The van der Waals surface area contributed by atoms with E-state index >= 15 is 0 Å². The highest BCUT2D eigenvalue weighted by atomic mass is 16.7. The third-order valence-corrected chi connectivity index (χ3v) is 5.14. The second kappa shape index (κ2) is 8.84. The van der Waals surface area contributed by atoms with Gasteiger partial charge in [-0.1, -0.05) is 31.9 Å². The van der Waals surface area contributed by atoms with Crippen LogP contribution in [0.4, 0.5) is 0 Å². The van der Waals surface area contributed by atoms with Crippen LogP contribution in [-0.2, 0) is 14.2 Å². The Morgan fingerprint density at radius 3 is 2.33 bits per heavy atom. The van der Waals surface area contributed by atoms with Crippen LogP contribution in [0.3, 0.4) is 0 Å². The van der Waals surface area contributed by atoms with E-state index in [2.05, 4.69) is 19.1 Å². The van der Waals surface area contributed by atoms with E-state index in [-0.39, 0.29) is 12.4 Å². The smallest absolute Gasteiger partial charge is 0.162 e. The summed E-state index contributed by atoms with van der Waals surface area (Å²) in [6.45, 7) is 4.61. The topological polar surface area (TPSA) is 36.9 Å². The summed E-state index contributed by atoms with van der Waals surface area (Å²) < 4.78 is 23.3. The molecule has 2 saturated heterocycles. The minimum absolute atomic E-state index is 0.0836. The summed E-state index contributed by atoms with van der Waals surface area (Å²) >= 11 is 0. The predicted octanol–water partition coefficient (Wildman–Crippen LogP) is 4.34. The molecule has 1 aromatic rings. The molecule has 0 N–H and O–H groups in total. The van der Waals surface area contributed by atoms with Gasteiger partial charge in [0.05, 0.1) is 33.0 Å². The van der Waals surface area contributed by atoms with Crippen LogP contribution >= 0.6 is 0 Å². The Morgan fingerprint density at radius 1 is 1.00 bits per heavy atom. The number of hydrogen-bond donors (Lipinski definition) is 0. The molecule has 0 aromatic heterocycles. The Morgan fingerprint density at radius 2 is 1.75 bits per heavy atom. The van der Waals surface area contributed by atoms with Gasteiger partial charge in [0.2, 0.25) is 0 Å². The summed E-state index contributed by atoms with van der Waals surface area (Å²) in [5.74, 6) is 1.80. The Hall–Kier alpha value is -1.10. The molecule has 2 atom stereocenters. The molecule has 0 spiro atoms. The van der Waals surface area contributed by atoms with E-state index in [4.69, 9.17) is 18.9 Å². The first-order valence-electron chi connectivity index (χ1n) is 9.29. The maximum atomic E-state index is 6.09. The van der Waals surface area contributed by atoms with Crippen molar-refractivity contribution in [3.05, 3.63) is 29.8 Å². The van der Waals surface area contributed by atoms with E-state index in [1.165, 1.54) is 24.8 Å². The summed E-state index contributed by atoms with van der Waals surface area (Å²) in [5, 5.41) is 0. The summed E-state index contributed by atoms with van der Waals surface area (Å²) in [7, 11) is 1.69. The Balaban J connectivity index is 1.43. The molecule has 0 bridgehead atoms. The van der Waals surface area contributed by atoms with Gasteiger partial charge in [-0.3, -0.25) is 0 Å². The quantitative estimate of drug-likeness (QED) is 0.775. The SMILES string of the molecule is CCCCC1COC([C@H]2CC[C@H](c3ccc(OC)cc3)OC2)OC1. The monoisotopic (exact) mass is 334 g/mol. The lowest BCUT2D eigenvalue weighted by Crippen LogP contribution is -2.40. The van der Waals surface area contributed by atoms with Gasteiger partial charge >= 0.3 is 0 Å². The molecule has 24 heavy (non-hydrogen) atoms. The molecule has 2 aliphatic rings. The average molecular weight is 334 g/mol. The van der Waals surface area contributed by atoms with E-state index in [9.17, 15) is 0 Å². The normalized spacial score (nSPS) is 30.9. The summed E-state index contributed by atoms with van der Waals surface area (Å²) in [6.07, 6.45) is 5.90. The van der Waals surface area contributed by atoms with Gasteiger partial charge in [-0.25, -0.2) is 0 Å². The zero-order chi connectivity index (χ0) is 16.8. The number of methoxy groups -OCH3 is 1. The van der Waals surface area contributed by atoms with Crippen molar-refractivity contribution in [3.63, 3.8) is 0 Å².